The molecule has 1 unspecified atom stereocenters. The Morgan fingerprint density at radius 2 is 1.60 bits per heavy atom. The Morgan fingerprint density at radius 3 is 2.23 bits per heavy atom. The molecule has 43 heavy (non-hydrogen) atoms. The fraction of sp³-hybridized carbons (Fsp3) is 0.379. The number of thiophene rings is 1. The van der Waals surface area contributed by atoms with E-state index in [1.54, 1.807) is 18.2 Å². The second-order valence-corrected chi connectivity index (χ2v) is 11.2. The van der Waals surface area contributed by atoms with Crippen molar-refractivity contribution in [3.8, 4) is 11.5 Å². The van der Waals surface area contributed by atoms with Crippen molar-refractivity contribution < 1.29 is 50.1 Å². The Bertz CT molecular complexity index is 1420. The number of ether oxygens (including phenoxy) is 3. The predicted octanol–water partition coefficient (Wildman–Crippen LogP) is 6.36. The van der Waals surface area contributed by atoms with Crippen molar-refractivity contribution in [1.29, 1.82) is 0 Å². The summed E-state index contributed by atoms with van der Waals surface area (Å²) in [5.41, 5.74) is -3.36. The number of carbonyl (C=O) groups is 2. The fourth-order valence-corrected chi connectivity index (χ4v) is 5.58. The van der Waals surface area contributed by atoms with Gasteiger partial charge in [-0.25, -0.2) is 0 Å². The van der Waals surface area contributed by atoms with Gasteiger partial charge in [-0.15, -0.1) is 11.3 Å². The van der Waals surface area contributed by atoms with Gasteiger partial charge in [0.15, 0.2) is 11.5 Å². The van der Waals surface area contributed by atoms with Crippen molar-refractivity contribution in [3.05, 3.63) is 81.0 Å². The van der Waals surface area contributed by atoms with Crippen LogP contribution in [0.25, 0.3) is 0 Å². The van der Waals surface area contributed by atoms with Crippen LogP contribution in [-0.4, -0.2) is 54.2 Å². The molecular formula is C29H26F6N2O5S. The molecule has 0 bridgehead atoms. The molecule has 1 atom stereocenters. The zero-order valence-corrected chi connectivity index (χ0v) is 23.4. The molecular weight excluding hydrogens is 602 g/mol. The predicted molar refractivity (Wildman–Crippen MR) is 142 cm³/mol. The summed E-state index contributed by atoms with van der Waals surface area (Å²) in [7, 11) is 0. The summed E-state index contributed by atoms with van der Waals surface area (Å²) in [6, 6.07) is 9.50. The molecule has 5 rings (SSSR count). The molecule has 2 aliphatic rings. The molecule has 3 aromatic rings. The van der Waals surface area contributed by atoms with Gasteiger partial charge in [0.1, 0.15) is 6.54 Å². The molecule has 0 saturated carbocycles. The van der Waals surface area contributed by atoms with Gasteiger partial charge in [0.2, 0.25) is 12.7 Å². The van der Waals surface area contributed by atoms with E-state index in [-0.39, 0.29) is 32.5 Å². The first-order chi connectivity index (χ1) is 20.4. The third-order valence-corrected chi connectivity index (χ3v) is 7.85. The van der Waals surface area contributed by atoms with Crippen molar-refractivity contribution >= 4 is 23.2 Å². The number of hydrogen-bond acceptors (Lipinski definition) is 6. The zero-order valence-electron chi connectivity index (χ0n) is 22.5. The minimum Gasteiger partial charge on any atom is -0.454 e. The van der Waals surface area contributed by atoms with E-state index in [9.17, 15) is 35.9 Å². The highest BCUT2D eigenvalue weighted by atomic mass is 32.1. The molecule has 3 heterocycles. The highest BCUT2D eigenvalue weighted by Crippen LogP contribution is 2.37. The summed E-state index contributed by atoms with van der Waals surface area (Å²) in [4.78, 5) is 30.6. The summed E-state index contributed by atoms with van der Waals surface area (Å²) in [6.07, 6.45) is -9.60. The Balaban J connectivity index is 1.44. The Morgan fingerprint density at radius 1 is 0.884 bits per heavy atom. The third kappa shape index (κ3) is 7.60. The molecule has 14 heteroatoms. The molecule has 7 nitrogen and oxygen atoms in total. The summed E-state index contributed by atoms with van der Waals surface area (Å²) < 4.78 is 97.5. The van der Waals surface area contributed by atoms with Crippen LogP contribution in [0, 0.1) is 0 Å². The van der Waals surface area contributed by atoms with E-state index >= 15 is 0 Å². The van der Waals surface area contributed by atoms with Gasteiger partial charge in [0, 0.05) is 30.1 Å². The minimum atomic E-state index is -5.13. The lowest BCUT2D eigenvalue weighted by Gasteiger charge is -2.29. The maximum atomic E-state index is 13.8. The number of benzene rings is 2. The molecule has 2 aromatic carbocycles. The smallest absolute Gasteiger partial charge is 0.416 e. The lowest BCUT2D eigenvalue weighted by molar-refractivity contribution is -0.143. The number of hydrogen-bond donors (Lipinski definition) is 0. The number of carbonyl (C=O) groups excluding carboxylic acids is 2. The summed E-state index contributed by atoms with van der Waals surface area (Å²) in [5, 5.41) is 1.83. The van der Waals surface area contributed by atoms with Crippen molar-refractivity contribution in [1.82, 2.24) is 9.80 Å². The van der Waals surface area contributed by atoms with Gasteiger partial charge in [-0.3, -0.25) is 9.59 Å². The van der Waals surface area contributed by atoms with E-state index in [1.165, 1.54) is 16.2 Å². The van der Waals surface area contributed by atoms with Gasteiger partial charge in [0.25, 0.3) is 5.91 Å². The van der Waals surface area contributed by atoms with Crippen LogP contribution >= 0.6 is 11.3 Å². The molecule has 1 fully saturated rings. The average molecular weight is 629 g/mol. The molecule has 0 aliphatic carbocycles. The maximum Gasteiger partial charge on any atom is 0.416 e. The van der Waals surface area contributed by atoms with Crippen LogP contribution in [0.2, 0.25) is 0 Å². The van der Waals surface area contributed by atoms with Crippen molar-refractivity contribution in [3.63, 3.8) is 0 Å². The normalized spacial score (nSPS) is 16.4. The van der Waals surface area contributed by atoms with E-state index < -0.39 is 53.5 Å². The number of rotatable bonds is 9. The molecule has 0 spiro atoms. The summed E-state index contributed by atoms with van der Waals surface area (Å²) in [6.45, 7) is -0.0728. The van der Waals surface area contributed by atoms with Crippen LogP contribution < -0.4 is 9.47 Å². The largest absolute Gasteiger partial charge is 0.454 e. The van der Waals surface area contributed by atoms with Gasteiger partial charge >= 0.3 is 12.4 Å². The molecule has 1 saturated heterocycles. The second-order valence-electron chi connectivity index (χ2n) is 10.1. The maximum absolute atomic E-state index is 13.8. The quantitative estimate of drug-likeness (QED) is 0.258. The Labute approximate surface area is 246 Å². The van der Waals surface area contributed by atoms with E-state index in [1.807, 2.05) is 17.5 Å². The van der Waals surface area contributed by atoms with E-state index in [0.29, 0.717) is 48.6 Å². The van der Waals surface area contributed by atoms with Crippen molar-refractivity contribution in [2.24, 2.45) is 0 Å². The average Bonchev–Trinajstić information content (AvgIpc) is 3.74. The van der Waals surface area contributed by atoms with Crippen molar-refractivity contribution in [2.75, 3.05) is 26.5 Å². The highest BCUT2D eigenvalue weighted by Gasteiger charge is 2.38. The van der Waals surface area contributed by atoms with Gasteiger partial charge in [0.05, 0.1) is 23.8 Å². The van der Waals surface area contributed by atoms with Gasteiger partial charge in [-0.05, 0) is 60.2 Å². The summed E-state index contributed by atoms with van der Waals surface area (Å²) >= 11 is 1.40. The van der Waals surface area contributed by atoms with Crippen LogP contribution in [0.4, 0.5) is 26.3 Å². The van der Waals surface area contributed by atoms with Crippen LogP contribution in [-0.2, 0) is 35.0 Å². The molecule has 1 aromatic heterocycles. The molecule has 2 aliphatic heterocycles. The number of amides is 2. The Hall–Kier alpha value is -3.78. The first kappa shape index (κ1) is 30.7. The van der Waals surface area contributed by atoms with Crippen LogP contribution in [0.5, 0.6) is 11.5 Å². The first-order valence-corrected chi connectivity index (χ1v) is 14.1. The SMILES string of the molecule is O=C(CN(CC1CCCO1)C(=O)c1cc(C(F)(F)F)cc(C(F)(F)F)c1)N(Cc1ccc2c(c1)OCO2)Cc1cccs1. The lowest BCUT2D eigenvalue weighted by Crippen LogP contribution is -2.45. The van der Waals surface area contributed by atoms with Crippen molar-refractivity contribution in [2.45, 2.75) is 44.4 Å². The van der Waals surface area contributed by atoms with E-state index in [2.05, 4.69) is 0 Å². The van der Waals surface area contributed by atoms with E-state index in [4.69, 9.17) is 14.2 Å². The zero-order chi connectivity index (χ0) is 30.8. The van der Waals surface area contributed by atoms with Crippen LogP contribution in [0.1, 0.15) is 44.8 Å². The van der Waals surface area contributed by atoms with Gasteiger partial charge < -0.3 is 24.0 Å². The van der Waals surface area contributed by atoms with Gasteiger partial charge in [-0.2, -0.15) is 26.3 Å². The summed E-state index contributed by atoms with van der Waals surface area (Å²) in [5.74, 6) is -0.645. The molecule has 0 radical (unpaired) electrons. The lowest BCUT2D eigenvalue weighted by atomic mass is 10.0. The number of nitrogens with zero attached hydrogens (tertiary/aromatic N) is 2. The van der Waals surface area contributed by atoms with Crippen LogP contribution in [0.15, 0.2) is 53.9 Å². The topological polar surface area (TPSA) is 68.3 Å². The monoisotopic (exact) mass is 628 g/mol. The fourth-order valence-electron chi connectivity index (χ4n) is 4.86. The molecule has 230 valence electrons. The highest BCUT2D eigenvalue weighted by molar-refractivity contribution is 7.09. The molecule has 0 N–H and O–H groups in total. The number of alkyl halides is 6. The van der Waals surface area contributed by atoms with E-state index in [0.717, 1.165) is 9.78 Å². The van der Waals surface area contributed by atoms with Crippen LogP contribution in [0.3, 0.4) is 0 Å². The standard InChI is InChI=1S/C29H26F6N2O5S/c30-28(31,32)20-10-19(11-21(12-20)29(33,34)35)27(39)37(14-22-3-1-7-40-22)16-26(38)36(15-23-4-2-8-43-23)13-18-5-6-24-25(9-18)42-17-41-24/h2,4-6,8-12,22H,1,3,7,13-17H2. The second kappa shape index (κ2) is 12.4. The number of halogens is 6. The minimum absolute atomic E-state index is 0.0412. The molecule has 2 amide bonds. The third-order valence-electron chi connectivity index (χ3n) is 6.99. The first-order valence-electron chi connectivity index (χ1n) is 13.3. The van der Waals surface area contributed by atoms with Gasteiger partial charge in [-0.1, -0.05) is 12.1 Å². The Kier molecular flexibility index (Phi) is 8.88. The number of fused-ring (bicyclic) bond motifs is 1.